The Morgan fingerprint density at radius 1 is 0.279 bits per heavy atom. The number of nitrogens with zero attached hydrogens (tertiary/aromatic N) is 4. The molecule has 8 aromatic rings. The van der Waals surface area contributed by atoms with Gasteiger partial charge >= 0.3 is 0 Å². The molecule has 9 rings (SSSR count). The first-order valence-electron chi connectivity index (χ1n) is 24.9. The molecule has 4 aromatic carbocycles. The van der Waals surface area contributed by atoms with Crippen molar-refractivity contribution in [2.75, 3.05) is 0 Å². The van der Waals surface area contributed by atoms with Crippen molar-refractivity contribution >= 4 is 44.4 Å². The van der Waals surface area contributed by atoms with Crippen LogP contribution >= 0.6 is 0 Å². The van der Waals surface area contributed by atoms with E-state index in [9.17, 15) is 0 Å². The van der Waals surface area contributed by atoms with Crippen LogP contribution in [0.1, 0.15) is 186 Å². The molecule has 0 N–H and O–H groups in total. The van der Waals surface area contributed by atoms with E-state index in [1.807, 2.05) is 0 Å². The normalized spacial score (nSPS) is 14.4. The van der Waals surface area contributed by atoms with Crippen LogP contribution in [0.2, 0.25) is 0 Å². The summed E-state index contributed by atoms with van der Waals surface area (Å²) in [6.45, 7) is 46.0. The Balaban J connectivity index is 1.43. The van der Waals surface area contributed by atoms with E-state index in [4.69, 9.17) is 37.6 Å². The molecule has 8 nitrogen and oxygen atoms in total. The summed E-state index contributed by atoms with van der Waals surface area (Å²) in [5.41, 5.74) is 12.2. The number of oxazole rings is 4. The van der Waals surface area contributed by atoms with Crippen molar-refractivity contribution in [2.24, 2.45) is 21.7 Å². The second-order valence-electron chi connectivity index (χ2n) is 28.0. The zero-order chi connectivity index (χ0) is 49.7. The van der Waals surface area contributed by atoms with Crippen molar-refractivity contribution in [3.63, 3.8) is 0 Å². The third-order valence-corrected chi connectivity index (χ3v) is 13.9. The minimum Gasteiger partial charge on any atom is -0.435 e. The van der Waals surface area contributed by atoms with Crippen LogP contribution in [0.15, 0.2) is 66.2 Å². The average molecular weight is 917 g/mol. The van der Waals surface area contributed by atoms with E-state index in [-0.39, 0.29) is 43.3 Å². The van der Waals surface area contributed by atoms with Crippen molar-refractivity contribution in [1.29, 1.82) is 0 Å². The van der Waals surface area contributed by atoms with Gasteiger partial charge in [-0.15, -0.1) is 0 Å². The first-order chi connectivity index (χ1) is 31.0. The van der Waals surface area contributed by atoms with Crippen LogP contribution < -0.4 is 0 Å². The number of fused-ring (bicyclic) bond motifs is 8. The van der Waals surface area contributed by atoms with Crippen LogP contribution in [0.4, 0.5) is 0 Å². The van der Waals surface area contributed by atoms with Gasteiger partial charge in [0.1, 0.15) is 22.1 Å². The minimum atomic E-state index is -0.223. The van der Waals surface area contributed by atoms with Crippen LogP contribution in [0.25, 0.3) is 90.2 Å². The largest absolute Gasteiger partial charge is 0.435 e. The highest BCUT2D eigenvalue weighted by molar-refractivity contribution is 5.99. The Labute approximate surface area is 404 Å². The Bertz CT molecular complexity index is 2840. The lowest BCUT2D eigenvalue weighted by Crippen LogP contribution is -2.25. The highest BCUT2D eigenvalue weighted by Gasteiger charge is 2.36. The van der Waals surface area contributed by atoms with E-state index in [2.05, 4.69) is 187 Å². The standard InChI is InChI=1S/C60H76N4O4/c1-53(2,3)29-57(13,14)33-21-37-45-41(25-33)61-50(65-45)38-22-34(58(15,16)30-54(4,5)6)27-43-47(38)67-52(63-43)40-24-36(60(19,20)32-56(10,11)12)28-44-48(40)68-51(64-44)39-23-35(59(17,18)31-55(7,8)9)26-42-46(39)66-49(37)62-42/h21-28H,29-32H2,1-20H3. The molecule has 5 heterocycles. The van der Waals surface area contributed by atoms with Gasteiger partial charge in [0.25, 0.3) is 0 Å². The predicted molar refractivity (Wildman–Crippen MR) is 280 cm³/mol. The van der Waals surface area contributed by atoms with Crippen molar-refractivity contribution in [2.45, 2.75) is 186 Å². The maximum absolute atomic E-state index is 7.09. The summed E-state index contributed by atoms with van der Waals surface area (Å²) in [5, 5.41) is 0. The molecular formula is C60H76N4O4. The molecule has 0 aliphatic carbocycles. The van der Waals surface area contributed by atoms with Gasteiger partial charge in [0.05, 0.1) is 22.3 Å². The fraction of sp³-hybridized carbons (Fsp3) is 0.533. The quantitative estimate of drug-likeness (QED) is 0.148. The van der Waals surface area contributed by atoms with Gasteiger partial charge in [-0.3, -0.25) is 0 Å². The van der Waals surface area contributed by atoms with Gasteiger partial charge < -0.3 is 17.7 Å². The summed E-state index contributed by atoms with van der Waals surface area (Å²) >= 11 is 0. The summed E-state index contributed by atoms with van der Waals surface area (Å²) < 4.78 is 28.4. The second-order valence-corrected chi connectivity index (χ2v) is 28.0. The van der Waals surface area contributed by atoms with Gasteiger partial charge in [-0.1, -0.05) is 138 Å². The second kappa shape index (κ2) is 15.1. The zero-order valence-electron chi connectivity index (χ0n) is 44.9. The molecule has 68 heavy (non-hydrogen) atoms. The molecule has 1 aliphatic heterocycles. The third kappa shape index (κ3) is 9.06. The van der Waals surface area contributed by atoms with Gasteiger partial charge in [-0.25, -0.2) is 19.9 Å². The number of rotatable bonds is 8. The van der Waals surface area contributed by atoms with Crippen LogP contribution in [0, 0.1) is 21.7 Å². The maximum atomic E-state index is 7.09. The Morgan fingerprint density at radius 2 is 0.456 bits per heavy atom. The lowest BCUT2D eigenvalue weighted by molar-refractivity contribution is 0.284. The minimum absolute atomic E-state index is 0.0699. The maximum Gasteiger partial charge on any atom is 0.231 e. The van der Waals surface area contributed by atoms with Crippen LogP contribution in [-0.2, 0) is 21.7 Å². The SMILES string of the molecule is CC(C)(C)CC(C)(C)c1cc2c3oc(nc3c1)-c1cc(C(C)(C)CC(C)(C)C)cc3nc(oc13)-c1cc(C(C)(C)CC(C)(C)C)cc3nc(oc13)-c1cc(C(C)(C)CC(C)(C)C)cc3nc-2oc13. The Hall–Kier alpha value is -5.24. The smallest absolute Gasteiger partial charge is 0.231 e. The summed E-state index contributed by atoms with van der Waals surface area (Å²) in [6, 6.07) is 17.6. The van der Waals surface area contributed by atoms with Crippen molar-refractivity contribution in [3.8, 4) is 45.8 Å². The van der Waals surface area contributed by atoms with Crippen LogP contribution in [0.5, 0.6) is 0 Å². The molecule has 4 aromatic heterocycles. The zero-order valence-corrected chi connectivity index (χ0v) is 44.9. The van der Waals surface area contributed by atoms with E-state index >= 15 is 0 Å². The molecule has 8 bridgehead atoms. The van der Waals surface area contributed by atoms with Crippen molar-refractivity contribution in [3.05, 3.63) is 70.8 Å². The molecule has 0 amide bonds. The molecule has 0 fully saturated rings. The number of benzene rings is 4. The molecule has 0 atom stereocenters. The van der Waals surface area contributed by atoms with Gasteiger partial charge in [0, 0.05) is 0 Å². The summed E-state index contributed by atoms with van der Waals surface area (Å²) in [5.74, 6) is 1.82. The molecule has 0 unspecified atom stereocenters. The first kappa shape index (κ1) is 47.8. The van der Waals surface area contributed by atoms with Crippen LogP contribution in [0.3, 0.4) is 0 Å². The van der Waals surface area contributed by atoms with Crippen LogP contribution in [-0.4, -0.2) is 19.9 Å². The number of hydrogen-bond donors (Lipinski definition) is 0. The van der Waals surface area contributed by atoms with Gasteiger partial charge in [-0.2, -0.15) is 0 Å². The molecule has 0 spiro atoms. The van der Waals surface area contributed by atoms with Gasteiger partial charge in [0.15, 0.2) is 22.3 Å². The Morgan fingerprint density at radius 3 is 0.618 bits per heavy atom. The molecule has 1 aliphatic rings. The fourth-order valence-electron chi connectivity index (χ4n) is 12.5. The number of aromatic nitrogens is 4. The lowest BCUT2D eigenvalue weighted by Gasteiger charge is -2.33. The van der Waals surface area contributed by atoms with Gasteiger partial charge in [0.2, 0.25) is 23.6 Å². The van der Waals surface area contributed by atoms with Crippen molar-refractivity contribution < 1.29 is 17.7 Å². The van der Waals surface area contributed by atoms with E-state index in [0.717, 1.165) is 92.3 Å². The highest BCUT2D eigenvalue weighted by atomic mass is 16.4. The summed E-state index contributed by atoms with van der Waals surface area (Å²) in [6.07, 6.45) is 3.78. The van der Waals surface area contributed by atoms with Gasteiger partial charge in [-0.05, 0) is 140 Å². The molecule has 8 heteroatoms. The molecule has 360 valence electrons. The third-order valence-electron chi connectivity index (χ3n) is 13.9. The predicted octanol–water partition coefficient (Wildman–Crippen LogP) is 18.1. The lowest BCUT2D eigenvalue weighted by atomic mass is 9.72. The summed E-state index contributed by atoms with van der Waals surface area (Å²) in [4.78, 5) is 21.5. The first-order valence-corrected chi connectivity index (χ1v) is 24.9. The average Bonchev–Trinajstić information content (AvgIpc) is 3.96. The molecular weight excluding hydrogens is 841 g/mol. The molecule has 0 radical (unpaired) electrons. The topological polar surface area (TPSA) is 104 Å². The Kier molecular flexibility index (Phi) is 10.6. The van der Waals surface area contributed by atoms with Crippen molar-refractivity contribution in [1.82, 2.24) is 19.9 Å². The molecule has 0 saturated heterocycles. The van der Waals surface area contributed by atoms with E-state index < -0.39 is 0 Å². The molecule has 0 saturated carbocycles. The summed E-state index contributed by atoms with van der Waals surface area (Å²) in [7, 11) is 0. The fourth-order valence-corrected chi connectivity index (χ4v) is 12.5. The number of hydrogen-bond acceptors (Lipinski definition) is 8. The monoisotopic (exact) mass is 917 g/mol. The van der Waals surface area contributed by atoms with E-state index in [1.54, 1.807) is 0 Å². The van der Waals surface area contributed by atoms with E-state index in [0.29, 0.717) is 45.9 Å². The highest BCUT2D eigenvalue weighted by Crippen LogP contribution is 2.49. The van der Waals surface area contributed by atoms with E-state index in [1.165, 1.54) is 0 Å².